The molecule has 0 aromatic rings. The Morgan fingerprint density at radius 2 is 2.17 bits per heavy atom. The van der Waals surface area contributed by atoms with Gasteiger partial charge in [-0.05, 0) is 13.3 Å². The van der Waals surface area contributed by atoms with Crippen molar-refractivity contribution in [2.45, 2.75) is 19.4 Å². The molecule has 0 bridgehead atoms. The summed E-state index contributed by atoms with van der Waals surface area (Å²) in [6.45, 7) is 4.81. The second-order valence-corrected chi connectivity index (χ2v) is 2.65. The normalized spacial score (nSPS) is 12.2. The Hall–Kier alpha value is -0.870. The van der Waals surface area contributed by atoms with Gasteiger partial charge >= 0.3 is 0 Å². The Kier molecular flexibility index (Phi) is 5.32. The first-order valence-electron chi connectivity index (χ1n) is 3.80. The lowest BCUT2D eigenvalue weighted by molar-refractivity contribution is -0.118. The molecule has 70 valence electrons. The summed E-state index contributed by atoms with van der Waals surface area (Å²) in [7, 11) is 0. The molecule has 12 heavy (non-hydrogen) atoms. The van der Waals surface area contributed by atoms with Crippen LogP contribution in [0.2, 0.25) is 0 Å². The highest BCUT2D eigenvalue weighted by Crippen LogP contribution is 1.93. The van der Waals surface area contributed by atoms with Crippen molar-refractivity contribution in [3.8, 4) is 0 Å². The van der Waals surface area contributed by atoms with E-state index in [9.17, 15) is 4.79 Å². The van der Waals surface area contributed by atoms with Crippen LogP contribution < -0.4 is 5.32 Å². The van der Waals surface area contributed by atoms with Gasteiger partial charge in [0.05, 0.1) is 12.6 Å². The maximum absolute atomic E-state index is 11.0. The van der Waals surface area contributed by atoms with E-state index in [-0.39, 0.29) is 25.2 Å². The SMILES string of the molecule is C=C(C)C(=O)NC(CO)CCO. The van der Waals surface area contributed by atoms with Crippen molar-refractivity contribution in [2.24, 2.45) is 0 Å². The zero-order valence-electron chi connectivity index (χ0n) is 7.21. The van der Waals surface area contributed by atoms with Gasteiger partial charge in [-0.25, -0.2) is 0 Å². The quantitative estimate of drug-likeness (QED) is 0.487. The van der Waals surface area contributed by atoms with Crippen molar-refractivity contribution in [2.75, 3.05) is 13.2 Å². The van der Waals surface area contributed by atoms with Gasteiger partial charge in [-0.3, -0.25) is 4.79 Å². The van der Waals surface area contributed by atoms with E-state index in [4.69, 9.17) is 10.2 Å². The first-order chi connectivity index (χ1) is 5.61. The van der Waals surface area contributed by atoms with Crippen LogP contribution in [0.5, 0.6) is 0 Å². The predicted molar refractivity (Wildman–Crippen MR) is 45.5 cm³/mol. The lowest BCUT2D eigenvalue weighted by Crippen LogP contribution is -2.38. The minimum atomic E-state index is -0.376. The van der Waals surface area contributed by atoms with Crippen molar-refractivity contribution in [1.82, 2.24) is 5.32 Å². The molecule has 0 aromatic heterocycles. The smallest absolute Gasteiger partial charge is 0.246 e. The number of carbonyl (C=O) groups is 1. The summed E-state index contributed by atoms with van der Waals surface area (Å²) >= 11 is 0. The third-order valence-electron chi connectivity index (χ3n) is 1.42. The topological polar surface area (TPSA) is 69.6 Å². The molecule has 1 atom stereocenters. The van der Waals surface area contributed by atoms with E-state index in [1.165, 1.54) is 0 Å². The summed E-state index contributed by atoms with van der Waals surface area (Å²) in [5.74, 6) is -0.289. The minimum Gasteiger partial charge on any atom is -0.396 e. The molecule has 3 N–H and O–H groups in total. The molecule has 1 amide bonds. The summed E-state index contributed by atoms with van der Waals surface area (Å²) in [4.78, 5) is 11.0. The van der Waals surface area contributed by atoms with Gasteiger partial charge in [-0.2, -0.15) is 0 Å². The summed E-state index contributed by atoms with van der Waals surface area (Å²) in [6.07, 6.45) is 0.357. The molecule has 0 aliphatic rings. The average Bonchev–Trinajstić information content (AvgIpc) is 2.03. The Labute approximate surface area is 71.9 Å². The van der Waals surface area contributed by atoms with Crippen LogP contribution in [-0.2, 0) is 4.79 Å². The Balaban J connectivity index is 3.85. The Morgan fingerprint density at radius 1 is 1.58 bits per heavy atom. The second-order valence-electron chi connectivity index (χ2n) is 2.65. The summed E-state index contributed by atoms with van der Waals surface area (Å²) < 4.78 is 0. The molecule has 0 aliphatic carbocycles. The first-order valence-corrected chi connectivity index (χ1v) is 3.80. The molecule has 0 rings (SSSR count). The molecule has 4 nitrogen and oxygen atoms in total. The zero-order valence-corrected chi connectivity index (χ0v) is 7.21. The van der Waals surface area contributed by atoms with E-state index < -0.39 is 0 Å². The maximum atomic E-state index is 11.0. The number of nitrogens with one attached hydrogen (secondary N) is 1. The molecule has 0 spiro atoms. The van der Waals surface area contributed by atoms with Crippen molar-refractivity contribution in [1.29, 1.82) is 0 Å². The van der Waals surface area contributed by atoms with Crippen LogP contribution >= 0.6 is 0 Å². The van der Waals surface area contributed by atoms with Crippen LogP contribution in [-0.4, -0.2) is 35.4 Å². The Bertz CT molecular complexity index is 168. The van der Waals surface area contributed by atoms with E-state index in [0.717, 1.165) is 0 Å². The standard InChI is InChI=1S/C8H15NO3/c1-6(2)8(12)9-7(5-11)3-4-10/h7,10-11H,1,3-5H2,2H3,(H,9,12). The number of hydrogen-bond donors (Lipinski definition) is 3. The molecule has 0 saturated carbocycles. The number of carbonyl (C=O) groups excluding carboxylic acids is 1. The van der Waals surface area contributed by atoms with Crippen LogP contribution in [0.3, 0.4) is 0 Å². The van der Waals surface area contributed by atoms with E-state index >= 15 is 0 Å². The van der Waals surface area contributed by atoms with Gasteiger partial charge in [0.15, 0.2) is 0 Å². The third kappa shape index (κ3) is 4.10. The van der Waals surface area contributed by atoms with Gasteiger partial charge in [0.25, 0.3) is 0 Å². The molecule has 0 saturated heterocycles. The van der Waals surface area contributed by atoms with Gasteiger partial charge in [-0.15, -0.1) is 0 Å². The first kappa shape index (κ1) is 11.1. The number of aliphatic hydroxyl groups excluding tert-OH is 2. The van der Waals surface area contributed by atoms with Gasteiger partial charge in [0.2, 0.25) is 5.91 Å². The van der Waals surface area contributed by atoms with E-state index in [1.54, 1.807) is 6.92 Å². The van der Waals surface area contributed by atoms with Crippen molar-refractivity contribution in [3.63, 3.8) is 0 Å². The fourth-order valence-corrected chi connectivity index (χ4v) is 0.674. The minimum absolute atomic E-state index is 0.0539. The predicted octanol–water partition coefficient (Wildman–Crippen LogP) is -0.578. The molecule has 0 aliphatic heterocycles. The Morgan fingerprint density at radius 3 is 2.50 bits per heavy atom. The average molecular weight is 173 g/mol. The molecule has 0 aromatic carbocycles. The van der Waals surface area contributed by atoms with E-state index in [2.05, 4.69) is 11.9 Å². The van der Waals surface area contributed by atoms with Gasteiger partial charge in [-0.1, -0.05) is 6.58 Å². The van der Waals surface area contributed by atoms with Crippen molar-refractivity contribution in [3.05, 3.63) is 12.2 Å². The molecular formula is C8H15NO3. The van der Waals surface area contributed by atoms with Crippen LogP contribution in [0.25, 0.3) is 0 Å². The highest BCUT2D eigenvalue weighted by atomic mass is 16.3. The molecular weight excluding hydrogens is 158 g/mol. The summed E-state index contributed by atoms with van der Waals surface area (Å²) in [6, 6.07) is -0.376. The molecule has 0 heterocycles. The highest BCUT2D eigenvalue weighted by molar-refractivity contribution is 5.92. The lowest BCUT2D eigenvalue weighted by Gasteiger charge is -2.14. The fourth-order valence-electron chi connectivity index (χ4n) is 0.674. The number of rotatable bonds is 5. The van der Waals surface area contributed by atoms with Crippen LogP contribution in [0, 0.1) is 0 Å². The maximum Gasteiger partial charge on any atom is 0.246 e. The monoisotopic (exact) mass is 173 g/mol. The van der Waals surface area contributed by atoms with Crippen molar-refractivity contribution < 1.29 is 15.0 Å². The second kappa shape index (κ2) is 5.74. The molecule has 0 radical (unpaired) electrons. The van der Waals surface area contributed by atoms with E-state index in [0.29, 0.717) is 12.0 Å². The summed E-state index contributed by atoms with van der Waals surface area (Å²) in [5, 5.41) is 19.8. The number of aliphatic hydroxyl groups is 2. The fraction of sp³-hybridized carbons (Fsp3) is 0.625. The van der Waals surface area contributed by atoms with Gasteiger partial charge in [0, 0.05) is 12.2 Å². The van der Waals surface area contributed by atoms with E-state index in [1.807, 2.05) is 0 Å². The van der Waals surface area contributed by atoms with Crippen molar-refractivity contribution >= 4 is 5.91 Å². The number of amides is 1. The number of hydrogen-bond acceptors (Lipinski definition) is 3. The molecule has 1 unspecified atom stereocenters. The van der Waals surface area contributed by atoms with Crippen LogP contribution in [0.15, 0.2) is 12.2 Å². The van der Waals surface area contributed by atoms with Gasteiger partial charge < -0.3 is 15.5 Å². The van der Waals surface area contributed by atoms with Crippen LogP contribution in [0.1, 0.15) is 13.3 Å². The molecule has 4 heteroatoms. The highest BCUT2D eigenvalue weighted by Gasteiger charge is 2.10. The zero-order chi connectivity index (χ0) is 9.56. The molecule has 0 fully saturated rings. The largest absolute Gasteiger partial charge is 0.396 e. The lowest BCUT2D eigenvalue weighted by atomic mass is 10.2. The summed E-state index contributed by atoms with van der Waals surface area (Å²) in [5.41, 5.74) is 0.395. The third-order valence-corrected chi connectivity index (χ3v) is 1.42. The van der Waals surface area contributed by atoms with Crippen LogP contribution in [0.4, 0.5) is 0 Å². The van der Waals surface area contributed by atoms with Gasteiger partial charge in [0.1, 0.15) is 0 Å².